The van der Waals surface area contributed by atoms with Crippen LogP contribution in [-0.4, -0.2) is 48.1 Å². The molecule has 2 heterocycles. The number of carbonyl (C=O) groups is 1. The second-order valence-corrected chi connectivity index (χ2v) is 8.01. The lowest BCUT2D eigenvalue weighted by atomic mass is 9.82. The lowest BCUT2D eigenvalue weighted by Gasteiger charge is -2.32. The van der Waals surface area contributed by atoms with E-state index >= 15 is 0 Å². The summed E-state index contributed by atoms with van der Waals surface area (Å²) in [6, 6.07) is 6.62. The second kappa shape index (κ2) is 9.88. The van der Waals surface area contributed by atoms with Crippen LogP contribution in [0, 0.1) is 0 Å². The van der Waals surface area contributed by atoms with E-state index in [1.54, 1.807) is 24.3 Å². The van der Waals surface area contributed by atoms with Crippen LogP contribution in [0.4, 0.5) is 8.78 Å². The van der Waals surface area contributed by atoms with Crippen molar-refractivity contribution in [3.8, 4) is 5.75 Å². The van der Waals surface area contributed by atoms with Crippen molar-refractivity contribution in [2.45, 2.75) is 56.5 Å². The molecule has 0 unspecified atom stereocenters. The first-order valence-electron chi connectivity index (χ1n) is 10.0. The Hall–Kier alpha value is -2.30. The number of ether oxygens (including phenoxy) is 3. The number of amides is 1. The monoisotopic (exact) mass is 457 g/mol. The molecular formula is C20H22ClF2N3O5. The zero-order valence-corrected chi connectivity index (χ0v) is 17.3. The number of halogens is 3. The Balaban J connectivity index is 1.17. The van der Waals surface area contributed by atoms with Crippen molar-refractivity contribution in [3.63, 3.8) is 0 Å². The molecule has 2 fully saturated rings. The largest absolute Gasteiger partial charge is 0.484 e. The molecule has 8 nitrogen and oxygen atoms in total. The van der Waals surface area contributed by atoms with Gasteiger partial charge in [-0.2, -0.15) is 8.78 Å². The van der Waals surface area contributed by atoms with Crippen molar-refractivity contribution >= 4 is 17.5 Å². The fourth-order valence-corrected chi connectivity index (χ4v) is 3.70. The van der Waals surface area contributed by atoms with Gasteiger partial charge in [-0.25, -0.2) is 0 Å². The minimum Gasteiger partial charge on any atom is -0.484 e. The number of aromatic nitrogens is 2. The first kappa shape index (κ1) is 21.9. The van der Waals surface area contributed by atoms with Gasteiger partial charge in [-0.3, -0.25) is 4.79 Å². The van der Waals surface area contributed by atoms with Crippen LogP contribution in [0.3, 0.4) is 0 Å². The van der Waals surface area contributed by atoms with Crippen LogP contribution in [0.5, 0.6) is 5.75 Å². The SMILES string of the molecule is O=C(COc1ccc(Cl)cc1)N[C@H]1CC[C@H](c2nnc(C3CC(OC(F)F)C3)o2)OC1. The van der Waals surface area contributed by atoms with Crippen molar-refractivity contribution in [1.82, 2.24) is 15.5 Å². The zero-order valence-electron chi connectivity index (χ0n) is 16.5. The number of carbonyl (C=O) groups excluding carboxylic acids is 1. The van der Waals surface area contributed by atoms with Gasteiger partial charge in [0.25, 0.3) is 5.91 Å². The van der Waals surface area contributed by atoms with E-state index in [4.69, 9.17) is 25.5 Å². The summed E-state index contributed by atoms with van der Waals surface area (Å²) in [7, 11) is 0. The smallest absolute Gasteiger partial charge is 0.345 e. The summed E-state index contributed by atoms with van der Waals surface area (Å²) >= 11 is 5.81. The molecule has 1 aromatic carbocycles. The van der Waals surface area contributed by atoms with Crippen LogP contribution < -0.4 is 10.1 Å². The molecule has 2 aromatic rings. The molecule has 1 saturated heterocycles. The summed E-state index contributed by atoms with van der Waals surface area (Å²) in [6.07, 6.45) is 1.33. The van der Waals surface area contributed by atoms with E-state index in [0.717, 1.165) is 0 Å². The average molecular weight is 458 g/mol. The maximum atomic E-state index is 12.2. The van der Waals surface area contributed by atoms with Gasteiger partial charge in [0.15, 0.2) is 6.61 Å². The molecule has 1 aliphatic heterocycles. The third kappa shape index (κ3) is 5.90. The van der Waals surface area contributed by atoms with Gasteiger partial charge in [0, 0.05) is 10.9 Å². The quantitative estimate of drug-likeness (QED) is 0.646. The zero-order chi connectivity index (χ0) is 21.8. The van der Waals surface area contributed by atoms with Crippen molar-refractivity contribution in [2.24, 2.45) is 0 Å². The fourth-order valence-electron chi connectivity index (χ4n) is 3.57. The van der Waals surface area contributed by atoms with Crippen molar-refractivity contribution in [2.75, 3.05) is 13.2 Å². The van der Waals surface area contributed by atoms with E-state index in [-0.39, 0.29) is 30.6 Å². The summed E-state index contributed by atoms with van der Waals surface area (Å²) in [4.78, 5) is 12.1. The van der Waals surface area contributed by atoms with Crippen LogP contribution in [-0.2, 0) is 14.3 Å². The van der Waals surface area contributed by atoms with E-state index in [9.17, 15) is 13.6 Å². The normalized spacial score (nSPS) is 25.8. The third-order valence-electron chi connectivity index (χ3n) is 5.30. The highest BCUT2D eigenvalue weighted by Gasteiger charge is 2.37. The number of nitrogens with zero attached hydrogens (tertiary/aromatic N) is 2. The van der Waals surface area contributed by atoms with Gasteiger partial charge in [-0.05, 0) is 49.9 Å². The Kier molecular flexibility index (Phi) is 6.99. The lowest BCUT2D eigenvalue weighted by molar-refractivity contribution is -0.185. The van der Waals surface area contributed by atoms with Gasteiger partial charge in [0.2, 0.25) is 11.8 Å². The Morgan fingerprint density at radius 3 is 2.61 bits per heavy atom. The Morgan fingerprint density at radius 1 is 1.19 bits per heavy atom. The highest BCUT2D eigenvalue weighted by molar-refractivity contribution is 6.30. The van der Waals surface area contributed by atoms with Crippen molar-refractivity contribution in [1.29, 1.82) is 0 Å². The molecular weight excluding hydrogens is 436 g/mol. The van der Waals surface area contributed by atoms with E-state index in [1.807, 2.05) is 0 Å². The number of nitrogens with one attached hydrogen (secondary N) is 1. The van der Waals surface area contributed by atoms with Gasteiger partial charge >= 0.3 is 6.61 Å². The van der Waals surface area contributed by atoms with Gasteiger partial charge in [-0.15, -0.1) is 10.2 Å². The molecule has 4 rings (SSSR count). The average Bonchev–Trinajstić information content (AvgIpc) is 3.20. The molecule has 1 aromatic heterocycles. The molecule has 1 aliphatic carbocycles. The van der Waals surface area contributed by atoms with Crippen LogP contribution in [0.15, 0.2) is 28.7 Å². The van der Waals surface area contributed by atoms with Gasteiger partial charge in [0.1, 0.15) is 11.9 Å². The Bertz CT molecular complexity index is 868. The predicted octanol–water partition coefficient (Wildman–Crippen LogP) is 3.62. The van der Waals surface area contributed by atoms with Crippen LogP contribution in [0.1, 0.15) is 49.5 Å². The second-order valence-electron chi connectivity index (χ2n) is 7.57. The molecule has 0 spiro atoms. The fraction of sp³-hybridized carbons (Fsp3) is 0.550. The van der Waals surface area contributed by atoms with Crippen LogP contribution in [0.2, 0.25) is 5.02 Å². The number of benzene rings is 1. The number of hydrogen-bond acceptors (Lipinski definition) is 7. The molecule has 1 saturated carbocycles. The van der Waals surface area contributed by atoms with Gasteiger partial charge in [0.05, 0.1) is 18.8 Å². The van der Waals surface area contributed by atoms with E-state index in [1.165, 1.54) is 0 Å². The van der Waals surface area contributed by atoms with Gasteiger partial charge < -0.3 is 23.9 Å². The predicted molar refractivity (Wildman–Crippen MR) is 104 cm³/mol. The summed E-state index contributed by atoms with van der Waals surface area (Å²) < 4.78 is 45.8. The Morgan fingerprint density at radius 2 is 1.94 bits per heavy atom. The molecule has 168 valence electrons. The third-order valence-corrected chi connectivity index (χ3v) is 5.55. The van der Waals surface area contributed by atoms with Gasteiger partial charge in [-0.1, -0.05) is 11.6 Å². The first-order valence-corrected chi connectivity index (χ1v) is 10.4. The standard InChI is InChI=1S/C20H22ClF2N3O5/c21-12-1-4-14(5-2-12)28-10-17(27)24-13-3-6-16(29-9-13)19-26-25-18(31-19)11-7-15(8-11)30-20(22)23/h1-2,4-5,11,13,15-16,20H,3,6-10H2,(H,24,27)/t11?,13-,15?,16+/m0/s1. The highest BCUT2D eigenvalue weighted by Crippen LogP contribution is 2.39. The molecule has 1 amide bonds. The van der Waals surface area contributed by atoms with E-state index in [2.05, 4.69) is 20.3 Å². The minimum absolute atomic E-state index is 0.0683. The van der Waals surface area contributed by atoms with E-state index in [0.29, 0.717) is 54.8 Å². The summed E-state index contributed by atoms with van der Waals surface area (Å²) in [5.74, 6) is 1.03. The molecule has 1 N–H and O–H groups in total. The van der Waals surface area contributed by atoms with Crippen LogP contribution in [0.25, 0.3) is 0 Å². The number of rotatable bonds is 8. The Labute approximate surface area is 182 Å². The maximum Gasteiger partial charge on any atom is 0.345 e. The minimum atomic E-state index is -2.77. The molecule has 2 aliphatic rings. The first-order chi connectivity index (χ1) is 15.0. The van der Waals surface area contributed by atoms with Crippen LogP contribution >= 0.6 is 11.6 Å². The molecule has 0 bridgehead atoms. The van der Waals surface area contributed by atoms with Crippen molar-refractivity contribution < 1.29 is 32.2 Å². The number of alkyl halides is 2. The molecule has 2 atom stereocenters. The summed E-state index contributed by atoms with van der Waals surface area (Å²) in [5, 5.41) is 11.5. The molecule has 0 radical (unpaired) electrons. The lowest BCUT2D eigenvalue weighted by Crippen LogP contribution is -2.43. The number of hydrogen-bond donors (Lipinski definition) is 1. The summed E-state index contributed by atoms with van der Waals surface area (Å²) in [5.41, 5.74) is 0. The molecule has 11 heteroatoms. The highest BCUT2D eigenvalue weighted by atomic mass is 35.5. The van der Waals surface area contributed by atoms with Crippen molar-refractivity contribution in [3.05, 3.63) is 41.1 Å². The maximum absolute atomic E-state index is 12.2. The molecule has 31 heavy (non-hydrogen) atoms. The topological polar surface area (TPSA) is 95.7 Å². The summed E-state index contributed by atoms with van der Waals surface area (Å²) in [6.45, 7) is -2.56. The van der Waals surface area contributed by atoms with E-state index < -0.39 is 12.7 Å².